The molecule has 0 spiro atoms. The maximum absolute atomic E-state index is 11.5. The lowest BCUT2D eigenvalue weighted by atomic mass is 10.00. The minimum absolute atomic E-state index is 0.0166. The first kappa shape index (κ1) is 11.8. The Morgan fingerprint density at radius 2 is 1.94 bits per heavy atom. The molecule has 92 valence electrons. The van der Waals surface area contributed by atoms with E-state index in [2.05, 4.69) is 10.2 Å². The van der Waals surface area contributed by atoms with Crippen LogP contribution in [-0.2, 0) is 4.79 Å². The van der Waals surface area contributed by atoms with E-state index in [4.69, 9.17) is 5.11 Å². The second-order valence-electron chi connectivity index (χ2n) is 4.76. The number of nitrogens with one attached hydrogen (secondary N) is 1. The molecule has 2 aliphatic rings. The van der Waals surface area contributed by atoms with Gasteiger partial charge in [0.1, 0.15) is 0 Å². The van der Waals surface area contributed by atoms with Gasteiger partial charge in [0, 0.05) is 18.6 Å². The molecule has 0 aromatic heterocycles. The normalized spacial score (nSPS) is 34.0. The zero-order valence-electron chi connectivity index (χ0n) is 9.43. The van der Waals surface area contributed by atoms with Crippen molar-refractivity contribution in [2.45, 2.75) is 43.9 Å². The zero-order valence-corrected chi connectivity index (χ0v) is 9.43. The van der Waals surface area contributed by atoms with Crippen LogP contribution in [0, 0.1) is 0 Å². The molecule has 5 nitrogen and oxygen atoms in total. The van der Waals surface area contributed by atoms with E-state index in [1.165, 1.54) is 0 Å². The van der Waals surface area contributed by atoms with Crippen LogP contribution in [0.15, 0.2) is 0 Å². The molecule has 2 bridgehead atoms. The summed E-state index contributed by atoms with van der Waals surface area (Å²) < 4.78 is 0. The maximum atomic E-state index is 11.5. The Kier molecular flexibility index (Phi) is 3.78. The number of carbonyl (C=O) groups excluding carboxylic acids is 1. The van der Waals surface area contributed by atoms with Gasteiger partial charge in [-0.25, -0.2) is 0 Å². The van der Waals surface area contributed by atoms with Crippen molar-refractivity contribution >= 4 is 5.91 Å². The Balaban J connectivity index is 1.84. The molecular weight excluding hydrogens is 208 g/mol. The Bertz CT molecular complexity index is 246. The maximum Gasteiger partial charge on any atom is 0.234 e. The number of fused-ring (bicyclic) bond motifs is 2. The van der Waals surface area contributed by atoms with Crippen molar-refractivity contribution in [3.05, 3.63) is 0 Å². The number of piperidine rings is 1. The fourth-order valence-corrected chi connectivity index (χ4v) is 2.92. The number of aliphatic hydroxyl groups excluding tert-OH is 2. The van der Waals surface area contributed by atoms with Gasteiger partial charge in [0.15, 0.2) is 0 Å². The Morgan fingerprint density at radius 1 is 1.31 bits per heavy atom. The van der Waals surface area contributed by atoms with Gasteiger partial charge in [0.05, 0.1) is 19.3 Å². The first-order valence-electron chi connectivity index (χ1n) is 6.02. The summed E-state index contributed by atoms with van der Waals surface area (Å²) in [5.41, 5.74) is 0. The summed E-state index contributed by atoms with van der Waals surface area (Å²) in [6, 6.07) is 0.738. The van der Waals surface area contributed by atoms with E-state index in [1.54, 1.807) is 0 Å². The van der Waals surface area contributed by atoms with Gasteiger partial charge in [-0.15, -0.1) is 0 Å². The molecule has 16 heavy (non-hydrogen) atoms. The fraction of sp³-hybridized carbons (Fsp3) is 0.909. The largest absolute Gasteiger partial charge is 0.395 e. The van der Waals surface area contributed by atoms with Gasteiger partial charge < -0.3 is 15.5 Å². The van der Waals surface area contributed by atoms with Crippen molar-refractivity contribution in [3.63, 3.8) is 0 Å². The van der Waals surface area contributed by atoms with Crippen molar-refractivity contribution in [1.29, 1.82) is 0 Å². The number of amides is 1. The molecule has 2 unspecified atom stereocenters. The summed E-state index contributed by atoms with van der Waals surface area (Å²) in [5, 5.41) is 20.9. The molecule has 2 heterocycles. The molecule has 0 aromatic carbocycles. The zero-order chi connectivity index (χ0) is 11.5. The molecule has 2 saturated heterocycles. The van der Waals surface area contributed by atoms with Gasteiger partial charge in [-0.3, -0.25) is 9.69 Å². The summed E-state index contributed by atoms with van der Waals surface area (Å²) in [4.78, 5) is 13.8. The molecule has 0 aromatic rings. The minimum Gasteiger partial charge on any atom is -0.395 e. The van der Waals surface area contributed by atoms with Crippen molar-refractivity contribution < 1.29 is 15.0 Å². The van der Waals surface area contributed by atoms with Gasteiger partial charge in [-0.05, 0) is 25.7 Å². The molecule has 0 saturated carbocycles. The van der Waals surface area contributed by atoms with Crippen LogP contribution in [0.4, 0.5) is 0 Å². The first-order chi connectivity index (χ1) is 7.70. The van der Waals surface area contributed by atoms with E-state index in [0.29, 0.717) is 25.2 Å². The number of carbonyl (C=O) groups is 1. The highest BCUT2D eigenvalue weighted by molar-refractivity contribution is 5.78. The van der Waals surface area contributed by atoms with Crippen molar-refractivity contribution in [1.82, 2.24) is 10.2 Å². The number of nitrogens with zero attached hydrogens (tertiary/aromatic N) is 1. The number of rotatable bonds is 4. The lowest BCUT2D eigenvalue weighted by Crippen LogP contribution is -2.49. The van der Waals surface area contributed by atoms with E-state index in [-0.39, 0.29) is 18.6 Å². The summed E-state index contributed by atoms with van der Waals surface area (Å²) >= 11 is 0. The lowest BCUT2D eigenvalue weighted by Gasteiger charge is -2.36. The summed E-state index contributed by atoms with van der Waals surface area (Å²) in [6.07, 6.45) is 3.59. The Labute approximate surface area is 95.4 Å². The molecule has 0 radical (unpaired) electrons. The van der Waals surface area contributed by atoms with Crippen LogP contribution in [0.3, 0.4) is 0 Å². The Morgan fingerprint density at radius 3 is 2.50 bits per heavy atom. The molecule has 0 aliphatic carbocycles. The average Bonchev–Trinajstić information content (AvgIpc) is 2.50. The highest BCUT2D eigenvalue weighted by atomic mass is 16.3. The van der Waals surface area contributed by atoms with Gasteiger partial charge in [0.25, 0.3) is 0 Å². The number of aliphatic hydroxyl groups is 2. The summed E-state index contributed by atoms with van der Waals surface area (Å²) in [7, 11) is 0. The van der Waals surface area contributed by atoms with Crippen LogP contribution in [0.25, 0.3) is 0 Å². The topological polar surface area (TPSA) is 72.8 Å². The third-order valence-corrected chi connectivity index (χ3v) is 3.62. The molecule has 2 fully saturated rings. The van der Waals surface area contributed by atoms with Gasteiger partial charge in [0.2, 0.25) is 5.91 Å². The molecular formula is C11H20N2O3. The molecule has 5 heteroatoms. The third-order valence-electron chi connectivity index (χ3n) is 3.62. The lowest BCUT2D eigenvalue weighted by molar-refractivity contribution is -0.124. The SMILES string of the molecule is O=C(CN1C2CCC1CC(O)C2)NCCO. The highest BCUT2D eigenvalue weighted by Crippen LogP contribution is 2.35. The third kappa shape index (κ3) is 2.53. The monoisotopic (exact) mass is 228 g/mol. The second-order valence-corrected chi connectivity index (χ2v) is 4.76. The minimum atomic E-state index is -0.186. The standard InChI is InChI=1S/C11H20N2O3/c14-4-3-12-11(16)7-13-8-1-2-9(13)6-10(15)5-8/h8-10,14-15H,1-7H2,(H,12,16). The van der Waals surface area contributed by atoms with Crippen LogP contribution in [-0.4, -0.2) is 58.9 Å². The van der Waals surface area contributed by atoms with Crippen LogP contribution >= 0.6 is 0 Å². The van der Waals surface area contributed by atoms with E-state index in [9.17, 15) is 9.90 Å². The van der Waals surface area contributed by atoms with Crippen LogP contribution < -0.4 is 5.32 Å². The molecule has 2 atom stereocenters. The van der Waals surface area contributed by atoms with Crippen molar-refractivity contribution in [3.8, 4) is 0 Å². The van der Waals surface area contributed by atoms with Crippen molar-refractivity contribution in [2.24, 2.45) is 0 Å². The molecule has 1 amide bonds. The number of hydrogen-bond donors (Lipinski definition) is 3. The van der Waals surface area contributed by atoms with E-state index in [0.717, 1.165) is 25.7 Å². The first-order valence-corrected chi connectivity index (χ1v) is 6.02. The Hall–Kier alpha value is -0.650. The summed E-state index contributed by atoms with van der Waals surface area (Å²) in [6.45, 7) is 0.712. The van der Waals surface area contributed by atoms with Gasteiger partial charge in [-0.1, -0.05) is 0 Å². The quantitative estimate of drug-likeness (QED) is 0.582. The van der Waals surface area contributed by atoms with Crippen molar-refractivity contribution in [2.75, 3.05) is 19.7 Å². The number of hydrogen-bond acceptors (Lipinski definition) is 4. The average molecular weight is 228 g/mol. The fourth-order valence-electron chi connectivity index (χ4n) is 2.92. The molecule has 2 rings (SSSR count). The smallest absolute Gasteiger partial charge is 0.234 e. The van der Waals surface area contributed by atoms with E-state index >= 15 is 0 Å². The second kappa shape index (κ2) is 5.12. The van der Waals surface area contributed by atoms with Crippen LogP contribution in [0.5, 0.6) is 0 Å². The predicted octanol–water partition coefficient (Wildman–Crippen LogP) is -0.917. The molecule has 3 N–H and O–H groups in total. The summed E-state index contributed by atoms with van der Waals surface area (Å²) in [5.74, 6) is -0.0256. The molecule has 2 aliphatic heterocycles. The van der Waals surface area contributed by atoms with E-state index < -0.39 is 0 Å². The van der Waals surface area contributed by atoms with Crippen LogP contribution in [0.2, 0.25) is 0 Å². The highest BCUT2D eigenvalue weighted by Gasteiger charge is 2.40. The van der Waals surface area contributed by atoms with Crippen LogP contribution in [0.1, 0.15) is 25.7 Å². The predicted molar refractivity (Wildman–Crippen MR) is 58.9 cm³/mol. The van der Waals surface area contributed by atoms with Gasteiger partial charge >= 0.3 is 0 Å². The van der Waals surface area contributed by atoms with E-state index in [1.807, 2.05) is 0 Å². The van der Waals surface area contributed by atoms with Gasteiger partial charge in [-0.2, -0.15) is 0 Å².